The number of hydrogen-bond acceptors (Lipinski definition) is 6. The first-order chi connectivity index (χ1) is 9.56. The van der Waals surface area contributed by atoms with Gasteiger partial charge in [-0.2, -0.15) is 0 Å². The average molecular weight is 291 g/mol. The van der Waals surface area contributed by atoms with Crippen molar-refractivity contribution >= 4 is 29.1 Å². The van der Waals surface area contributed by atoms with Gasteiger partial charge in [-0.3, -0.25) is 9.59 Å². The molecular weight excluding hydrogens is 278 g/mol. The number of aryl methyl sites for hydroxylation is 1. The molecule has 8 heteroatoms. The van der Waals surface area contributed by atoms with Gasteiger partial charge in [-0.15, -0.1) is 5.10 Å². The Bertz CT molecular complexity index is 640. The molecule has 0 unspecified atom stereocenters. The number of aromatic nitrogens is 4. The maximum absolute atomic E-state index is 11.8. The number of tetrazole rings is 1. The highest BCUT2D eigenvalue weighted by molar-refractivity contribution is 7.99. The van der Waals surface area contributed by atoms with Crippen molar-refractivity contribution in [2.24, 2.45) is 7.05 Å². The van der Waals surface area contributed by atoms with Crippen LogP contribution in [0.2, 0.25) is 0 Å². The predicted molar refractivity (Wildman–Crippen MR) is 74.6 cm³/mol. The minimum Gasteiger partial charge on any atom is -0.325 e. The lowest BCUT2D eigenvalue weighted by Gasteiger charge is -2.05. The van der Waals surface area contributed by atoms with Crippen molar-refractivity contribution in [2.75, 3.05) is 11.1 Å². The first-order valence-corrected chi connectivity index (χ1v) is 6.81. The molecule has 0 aliphatic carbocycles. The van der Waals surface area contributed by atoms with Crippen molar-refractivity contribution in [3.63, 3.8) is 0 Å². The van der Waals surface area contributed by atoms with Gasteiger partial charge in [-0.1, -0.05) is 23.9 Å². The van der Waals surface area contributed by atoms with Crippen LogP contribution in [0.1, 0.15) is 17.3 Å². The molecule has 1 aromatic heterocycles. The number of amides is 1. The summed E-state index contributed by atoms with van der Waals surface area (Å²) in [6.45, 7) is 1.48. The lowest BCUT2D eigenvalue weighted by molar-refractivity contribution is -0.113. The monoisotopic (exact) mass is 291 g/mol. The van der Waals surface area contributed by atoms with Crippen molar-refractivity contribution in [3.05, 3.63) is 29.8 Å². The van der Waals surface area contributed by atoms with E-state index in [4.69, 9.17) is 0 Å². The Labute approximate surface area is 119 Å². The number of hydrogen-bond donors (Lipinski definition) is 1. The van der Waals surface area contributed by atoms with Gasteiger partial charge in [0, 0.05) is 18.3 Å². The van der Waals surface area contributed by atoms with Crippen molar-refractivity contribution in [2.45, 2.75) is 12.1 Å². The zero-order valence-corrected chi connectivity index (χ0v) is 11.8. The number of nitrogens with zero attached hydrogens (tertiary/aromatic N) is 4. The highest BCUT2D eigenvalue weighted by Gasteiger charge is 2.08. The van der Waals surface area contributed by atoms with Crippen LogP contribution in [0.15, 0.2) is 29.4 Å². The summed E-state index contributed by atoms with van der Waals surface area (Å²) in [4.78, 5) is 23.1. The molecular formula is C12H13N5O2S. The van der Waals surface area contributed by atoms with E-state index in [-0.39, 0.29) is 17.4 Å². The Hall–Kier alpha value is -2.22. The first-order valence-electron chi connectivity index (χ1n) is 5.82. The van der Waals surface area contributed by atoms with Gasteiger partial charge >= 0.3 is 0 Å². The summed E-state index contributed by atoms with van der Waals surface area (Å²) >= 11 is 1.24. The van der Waals surface area contributed by atoms with Crippen LogP contribution < -0.4 is 5.32 Å². The van der Waals surface area contributed by atoms with Gasteiger partial charge in [0.2, 0.25) is 11.1 Å². The zero-order chi connectivity index (χ0) is 14.5. The smallest absolute Gasteiger partial charge is 0.234 e. The molecule has 104 valence electrons. The molecule has 7 nitrogen and oxygen atoms in total. The fourth-order valence-corrected chi connectivity index (χ4v) is 2.14. The van der Waals surface area contributed by atoms with Crippen LogP contribution in [0.3, 0.4) is 0 Å². The molecule has 1 N–H and O–H groups in total. The number of carbonyl (C=O) groups excluding carboxylic acids is 2. The van der Waals surface area contributed by atoms with Gasteiger partial charge < -0.3 is 5.32 Å². The maximum atomic E-state index is 11.8. The van der Waals surface area contributed by atoms with E-state index in [0.29, 0.717) is 16.4 Å². The zero-order valence-electron chi connectivity index (χ0n) is 11.0. The van der Waals surface area contributed by atoms with Crippen molar-refractivity contribution in [3.8, 4) is 0 Å². The third-order valence-electron chi connectivity index (χ3n) is 2.47. The largest absolute Gasteiger partial charge is 0.325 e. The number of carbonyl (C=O) groups is 2. The molecule has 0 saturated carbocycles. The fourth-order valence-electron chi connectivity index (χ4n) is 1.49. The van der Waals surface area contributed by atoms with Gasteiger partial charge in [0.05, 0.1) is 5.75 Å². The molecule has 2 aromatic rings. The number of nitrogens with one attached hydrogen (secondary N) is 1. The second-order valence-corrected chi connectivity index (χ2v) is 5.00. The molecule has 0 aliphatic rings. The Balaban J connectivity index is 1.93. The van der Waals surface area contributed by atoms with Gasteiger partial charge in [0.15, 0.2) is 5.78 Å². The highest BCUT2D eigenvalue weighted by Crippen LogP contribution is 2.15. The van der Waals surface area contributed by atoms with E-state index in [1.165, 1.54) is 23.4 Å². The molecule has 1 amide bonds. The highest BCUT2D eigenvalue weighted by atomic mass is 32.2. The molecule has 0 saturated heterocycles. The van der Waals surface area contributed by atoms with Crippen molar-refractivity contribution < 1.29 is 9.59 Å². The molecule has 2 rings (SSSR count). The third kappa shape index (κ3) is 3.64. The molecule has 0 spiro atoms. The normalized spacial score (nSPS) is 10.3. The van der Waals surface area contributed by atoms with Gasteiger partial charge in [0.1, 0.15) is 0 Å². The third-order valence-corrected chi connectivity index (χ3v) is 3.48. The van der Waals surface area contributed by atoms with E-state index in [1.807, 2.05) is 0 Å². The summed E-state index contributed by atoms with van der Waals surface area (Å²) in [6, 6.07) is 6.82. The fraction of sp³-hybridized carbons (Fsp3) is 0.250. The summed E-state index contributed by atoms with van der Waals surface area (Å²) in [5.41, 5.74) is 1.16. The second-order valence-electron chi connectivity index (χ2n) is 4.06. The van der Waals surface area contributed by atoms with Crippen LogP contribution in [-0.2, 0) is 11.8 Å². The number of rotatable bonds is 5. The lowest BCUT2D eigenvalue weighted by atomic mass is 10.1. The quantitative estimate of drug-likeness (QED) is 0.656. The maximum Gasteiger partial charge on any atom is 0.234 e. The van der Waals surface area contributed by atoms with Crippen LogP contribution in [0.25, 0.3) is 0 Å². The lowest BCUT2D eigenvalue weighted by Crippen LogP contribution is -2.14. The summed E-state index contributed by atoms with van der Waals surface area (Å²) in [6.07, 6.45) is 0. The molecule has 1 aromatic carbocycles. The van der Waals surface area contributed by atoms with Gasteiger partial charge in [-0.25, -0.2) is 4.68 Å². The first kappa shape index (κ1) is 14.2. The standard InChI is InChI=1S/C12H13N5O2S/c1-8(18)9-4-3-5-10(6-9)13-11(19)7-20-12-14-15-16-17(12)2/h3-6H,7H2,1-2H3,(H,13,19). The Morgan fingerprint density at radius 3 is 2.85 bits per heavy atom. The number of benzene rings is 1. The Morgan fingerprint density at radius 1 is 1.40 bits per heavy atom. The minimum absolute atomic E-state index is 0.0411. The molecule has 20 heavy (non-hydrogen) atoms. The van der Waals surface area contributed by atoms with E-state index in [1.54, 1.807) is 31.3 Å². The molecule has 0 atom stereocenters. The number of Topliss-reactive ketones (excluding diaryl/α,β-unsaturated/α-hetero) is 1. The second kappa shape index (κ2) is 6.29. The van der Waals surface area contributed by atoms with Crippen LogP contribution >= 0.6 is 11.8 Å². The van der Waals surface area contributed by atoms with E-state index in [2.05, 4.69) is 20.8 Å². The molecule has 0 radical (unpaired) electrons. The van der Waals surface area contributed by atoms with Crippen LogP contribution in [0.5, 0.6) is 0 Å². The van der Waals surface area contributed by atoms with Gasteiger partial charge in [-0.05, 0) is 29.5 Å². The van der Waals surface area contributed by atoms with Gasteiger partial charge in [0.25, 0.3) is 0 Å². The van der Waals surface area contributed by atoms with Crippen LogP contribution in [0, 0.1) is 0 Å². The predicted octanol–water partition coefficient (Wildman–Crippen LogP) is 1.14. The van der Waals surface area contributed by atoms with E-state index in [0.717, 1.165) is 0 Å². The summed E-state index contributed by atoms with van der Waals surface area (Å²) in [5, 5.41) is 14.2. The average Bonchev–Trinajstić information content (AvgIpc) is 2.82. The summed E-state index contributed by atoms with van der Waals surface area (Å²) in [5.74, 6) is -0.0299. The van der Waals surface area contributed by atoms with Crippen LogP contribution in [-0.4, -0.2) is 37.7 Å². The SMILES string of the molecule is CC(=O)c1cccc(NC(=O)CSc2nnnn2C)c1. The topological polar surface area (TPSA) is 89.8 Å². The van der Waals surface area contributed by atoms with E-state index in [9.17, 15) is 9.59 Å². The summed E-state index contributed by atoms with van der Waals surface area (Å²) < 4.78 is 1.49. The number of thioether (sulfide) groups is 1. The van der Waals surface area contributed by atoms with Crippen LogP contribution in [0.4, 0.5) is 5.69 Å². The van der Waals surface area contributed by atoms with Crippen molar-refractivity contribution in [1.29, 1.82) is 0 Å². The Morgan fingerprint density at radius 2 is 2.20 bits per heavy atom. The number of anilines is 1. The minimum atomic E-state index is -0.182. The summed E-state index contributed by atoms with van der Waals surface area (Å²) in [7, 11) is 1.70. The molecule has 0 aliphatic heterocycles. The van der Waals surface area contributed by atoms with E-state index < -0.39 is 0 Å². The molecule has 1 heterocycles. The van der Waals surface area contributed by atoms with E-state index >= 15 is 0 Å². The Kier molecular flexibility index (Phi) is 4.46. The number of ketones is 1. The molecule has 0 bridgehead atoms. The van der Waals surface area contributed by atoms with Crippen molar-refractivity contribution in [1.82, 2.24) is 20.2 Å². The molecule has 0 fully saturated rings.